The van der Waals surface area contributed by atoms with Crippen LogP contribution in [0.15, 0.2) is 59.4 Å². The van der Waals surface area contributed by atoms with Gasteiger partial charge >= 0.3 is 0 Å². The van der Waals surface area contributed by atoms with Crippen molar-refractivity contribution in [2.75, 3.05) is 5.43 Å². The van der Waals surface area contributed by atoms with Crippen LogP contribution < -0.4 is 16.8 Å². The fourth-order valence-electron chi connectivity index (χ4n) is 2.98. The second kappa shape index (κ2) is 5.58. The summed E-state index contributed by atoms with van der Waals surface area (Å²) in [5.41, 5.74) is 5.67. The van der Waals surface area contributed by atoms with Gasteiger partial charge in [0.2, 0.25) is 5.95 Å². The van der Waals surface area contributed by atoms with Crippen LogP contribution in [0.3, 0.4) is 0 Å². The number of nitrogens with two attached hydrogens (primary N) is 1. The molecular formula is C18H12N6OS. The van der Waals surface area contributed by atoms with Crippen molar-refractivity contribution in [3.05, 3.63) is 65.0 Å². The predicted octanol–water partition coefficient (Wildman–Crippen LogP) is 2.83. The van der Waals surface area contributed by atoms with E-state index in [1.165, 1.54) is 15.9 Å². The zero-order valence-corrected chi connectivity index (χ0v) is 14.2. The Balaban J connectivity index is 1.92. The molecule has 5 rings (SSSR count). The van der Waals surface area contributed by atoms with Crippen LogP contribution in [0, 0.1) is 0 Å². The number of rotatable bonds is 2. The number of hydrazine groups is 1. The minimum atomic E-state index is -0.206. The zero-order chi connectivity index (χ0) is 17.7. The van der Waals surface area contributed by atoms with Gasteiger partial charge in [-0.25, -0.2) is 25.4 Å². The smallest absolute Gasteiger partial charge is 0.277 e. The van der Waals surface area contributed by atoms with Crippen molar-refractivity contribution in [2.24, 2.45) is 5.84 Å². The zero-order valence-electron chi connectivity index (χ0n) is 13.4. The van der Waals surface area contributed by atoms with E-state index in [2.05, 4.69) is 20.4 Å². The Hall–Kier alpha value is -3.36. The monoisotopic (exact) mass is 360 g/mol. The highest BCUT2D eigenvalue weighted by Gasteiger charge is 2.18. The number of nitrogen functional groups attached to an aromatic ring is 1. The quantitative estimate of drug-likeness (QED) is 0.371. The molecule has 7 nitrogen and oxygen atoms in total. The molecule has 0 aliphatic carbocycles. The van der Waals surface area contributed by atoms with Crippen molar-refractivity contribution in [3.8, 4) is 5.69 Å². The maximum Gasteiger partial charge on any atom is 0.277 e. The van der Waals surface area contributed by atoms with Gasteiger partial charge in [-0.15, -0.1) is 11.3 Å². The number of benzene rings is 2. The van der Waals surface area contributed by atoms with E-state index in [0.29, 0.717) is 26.3 Å². The Morgan fingerprint density at radius 3 is 2.31 bits per heavy atom. The van der Waals surface area contributed by atoms with Crippen LogP contribution in [0.1, 0.15) is 0 Å². The largest absolute Gasteiger partial charge is 0.293 e. The minimum Gasteiger partial charge on any atom is -0.293 e. The summed E-state index contributed by atoms with van der Waals surface area (Å²) >= 11 is 1.29. The van der Waals surface area contributed by atoms with Crippen molar-refractivity contribution in [2.45, 2.75) is 0 Å². The molecule has 126 valence electrons. The van der Waals surface area contributed by atoms with E-state index in [4.69, 9.17) is 5.84 Å². The van der Waals surface area contributed by atoms with Crippen LogP contribution in [0.2, 0.25) is 0 Å². The third-order valence-corrected chi connectivity index (χ3v) is 5.20. The first-order chi connectivity index (χ1) is 12.8. The Labute approximate surface area is 150 Å². The molecule has 0 spiro atoms. The van der Waals surface area contributed by atoms with Crippen molar-refractivity contribution in [3.63, 3.8) is 0 Å². The Bertz CT molecular complexity index is 1340. The fraction of sp³-hybridized carbons (Fsp3) is 0. The Morgan fingerprint density at radius 1 is 0.885 bits per heavy atom. The first-order valence-corrected chi connectivity index (χ1v) is 8.72. The van der Waals surface area contributed by atoms with E-state index < -0.39 is 0 Å². The van der Waals surface area contributed by atoms with Gasteiger partial charge in [-0.2, -0.15) is 0 Å². The van der Waals surface area contributed by atoms with Gasteiger partial charge in [0.1, 0.15) is 20.6 Å². The van der Waals surface area contributed by atoms with Crippen molar-refractivity contribution >= 4 is 48.9 Å². The van der Waals surface area contributed by atoms with E-state index in [-0.39, 0.29) is 11.5 Å². The Kier molecular flexibility index (Phi) is 3.21. The van der Waals surface area contributed by atoms with Crippen LogP contribution in [0.25, 0.3) is 37.3 Å². The second-order valence-corrected chi connectivity index (χ2v) is 6.70. The number of nitrogens with zero attached hydrogens (tertiary/aromatic N) is 4. The number of aromatic nitrogens is 4. The number of nitrogens with one attached hydrogen (secondary N) is 1. The van der Waals surface area contributed by atoms with E-state index in [9.17, 15) is 4.79 Å². The molecule has 0 saturated carbocycles. The van der Waals surface area contributed by atoms with Gasteiger partial charge in [0.25, 0.3) is 5.56 Å². The molecular weight excluding hydrogens is 348 g/mol. The lowest BCUT2D eigenvalue weighted by molar-refractivity contribution is 0.959. The summed E-state index contributed by atoms with van der Waals surface area (Å²) in [6.07, 6.45) is 0. The van der Waals surface area contributed by atoms with Gasteiger partial charge in [-0.3, -0.25) is 10.2 Å². The van der Waals surface area contributed by atoms with Gasteiger partial charge in [0, 0.05) is 0 Å². The number of fused-ring (bicyclic) bond motifs is 4. The topological polar surface area (TPSA) is 98.7 Å². The fourth-order valence-corrected chi connectivity index (χ4v) is 3.97. The molecule has 26 heavy (non-hydrogen) atoms. The molecule has 3 aromatic heterocycles. The average molecular weight is 360 g/mol. The molecule has 5 aromatic rings. The van der Waals surface area contributed by atoms with E-state index in [1.54, 1.807) is 0 Å². The van der Waals surface area contributed by atoms with Gasteiger partial charge in [-0.1, -0.05) is 30.3 Å². The molecule has 0 radical (unpaired) electrons. The van der Waals surface area contributed by atoms with Gasteiger partial charge in [0.15, 0.2) is 0 Å². The molecule has 8 heteroatoms. The average Bonchev–Trinajstić information content (AvgIpc) is 3.04. The summed E-state index contributed by atoms with van der Waals surface area (Å²) in [5, 5.41) is 0. The predicted molar refractivity (Wildman–Crippen MR) is 104 cm³/mol. The lowest BCUT2D eigenvalue weighted by Gasteiger charge is -2.11. The van der Waals surface area contributed by atoms with Crippen molar-refractivity contribution in [1.29, 1.82) is 0 Å². The summed E-state index contributed by atoms with van der Waals surface area (Å²) < 4.78 is 1.95. The normalized spacial score (nSPS) is 11.4. The molecule has 2 aromatic carbocycles. The molecule has 0 bridgehead atoms. The van der Waals surface area contributed by atoms with Crippen molar-refractivity contribution < 1.29 is 0 Å². The third-order valence-electron chi connectivity index (χ3n) is 4.15. The maximum absolute atomic E-state index is 13.2. The number of thiophene rings is 1. The van der Waals surface area contributed by atoms with Gasteiger partial charge in [-0.05, 0) is 24.3 Å². The SMILES string of the molecule is NNc1nc2c(sc3nc4ccccc4nc32)c(=O)n1-c1ccccc1. The molecule has 3 N–H and O–H groups in total. The molecule has 0 unspecified atom stereocenters. The summed E-state index contributed by atoms with van der Waals surface area (Å²) in [4.78, 5) is 27.7. The molecule has 3 heterocycles. The molecule has 0 atom stereocenters. The summed E-state index contributed by atoms with van der Waals surface area (Å²) in [5.74, 6) is 5.90. The second-order valence-electron chi connectivity index (χ2n) is 5.70. The van der Waals surface area contributed by atoms with Crippen LogP contribution >= 0.6 is 11.3 Å². The number of hydrogen-bond donors (Lipinski definition) is 2. The molecule has 0 saturated heterocycles. The molecule has 0 fully saturated rings. The molecule has 0 aliphatic heterocycles. The van der Waals surface area contributed by atoms with Crippen LogP contribution in [0.5, 0.6) is 0 Å². The lowest BCUT2D eigenvalue weighted by Crippen LogP contribution is -2.25. The maximum atomic E-state index is 13.2. The minimum absolute atomic E-state index is 0.206. The standard InChI is InChI=1S/C18H12N6OS/c19-23-18-22-13-14-16(21-12-9-5-4-8-11(12)20-14)26-15(13)17(25)24(18)10-6-2-1-3-7-10/h1-9H,19H2,(H,22,23). The first-order valence-electron chi connectivity index (χ1n) is 7.90. The Morgan fingerprint density at radius 2 is 1.58 bits per heavy atom. The van der Waals surface area contributed by atoms with Gasteiger partial charge in [0.05, 0.1) is 16.7 Å². The van der Waals surface area contributed by atoms with E-state index >= 15 is 0 Å². The van der Waals surface area contributed by atoms with Crippen molar-refractivity contribution in [1.82, 2.24) is 19.5 Å². The highest BCUT2D eigenvalue weighted by atomic mass is 32.1. The molecule has 0 aliphatic rings. The number of anilines is 1. The first kappa shape index (κ1) is 14.9. The third kappa shape index (κ3) is 2.10. The number of hydrogen-bond acceptors (Lipinski definition) is 7. The summed E-state index contributed by atoms with van der Waals surface area (Å²) in [6.45, 7) is 0. The molecule has 0 amide bonds. The highest BCUT2D eigenvalue weighted by Crippen LogP contribution is 2.30. The van der Waals surface area contributed by atoms with E-state index in [1.807, 2.05) is 54.6 Å². The highest BCUT2D eigenvalue weighted by molar-refractivity contribution is 7.25. The van der Waals surface area contributed by atoms with Crippen LogP contribution in [-0.4, -0.2) is 19.5 Å². The van der Waals surface area contributed by atoms with Gasteiger partial charge < -0.3 is 0 Å². The van der Waals surface area contributed by atoms with E-state index in [0.717, 1.165) is 11.0 Å². The summed E-state index contributed by atoms with van der Waals surface area (Å²) in [6, 6.07) is 16.8. The van der Waals surface area contributed by atoms with Crippen LogP contribution in [-0.2, 0) is 0 Å². The number of para-hydroxylation sites is 3. The summed E-state index contributed by atoms with van der Waals surface area (Å²) in [7, 11) is 0. The van der Waals surface area contributed by atoms with Crippen LogP contribution in [0.4, 0.5) is 5.95 Å². The lowest BCUT2D eigenvalue weighted by atomic mass is 10.3.